The maximum absolute atomic E-state index is 5.23. The smallest absolute Gasteiger partial charge is 0.184 e. The number of benzene rings is 7. The van der Waals surface area contributed by atoms with Gasteiger partial charge in [0.1, 0.15) is 17.2 Å². The number of fused-ring (bicyclic) bond motifs is 6. The molecule has 348 valence electrons. The van der Waals surface area contributed by atoms with Gasteiger partial charge in [-0.2, -0.15) is 0 Å². The van der Waals surface area contributed by atoms with E-state index in [4.69, 9.17) is 49.8 Å². The van der Waals surface area contributed by atoms with E-state index in [0.29, 0.717) is 58.0 Å². The van der Waals surface area contributed by atoms with Crippen LogP contribution in [-0.4, -0.2) is 59.0 Å². The van der Waals surface area contributed by atoms with Crippen molar-refractivity contribution in [3.05, 3.63) is 231 Å². The fourth-order valence-electron chi connectivity index (χ4n) is 10.0. The summed E-state index contributed by atoms with van der Waals surface area (Å²) >= 11 is 0. The van der Waals surface area contributed by atoms with E-state index in [1.165, 1.54) is 0 Å². The van der Waals surface area contributed by atoms with Crippen LogP contribution in [0.5, 0.6) is 0 Å². The van der Waals surface area contributed by atoms with Gasteiger partial charge in [0.15, 0.2) is 40.8 Å². The molecule has 12 nitrogen and oxygen atoms in total. The van der Waals surface area contributed by atoms with Gasteiger partial charge < -0.3 is 0 Å². The summed E-state index contributed by atoms with van der Waals surface area (Å²) in [6.07, 6.45) is 16.2. The van der Waals surface area contributed by atoms with Gasteiger partial charge >= 0.3 is 0 Å². The zero-order valence-electron chi connectivity index (χ0n) is 39.5. The molecule has 6 heterocycles. The first kappa shape index (κ1) is 42.7. The van der Waals surface area contributed by atoms with Gasteiger partial charge in [0.25, 0.3) is 0 Å². The summed E-state index contributed by atoms with van der Waals surface area (Å²) in [5, 5.41) is 4.38. The number of rotatable bonds is 9. The molecule has 1 unspecified atom stereocenters. The third-order valence-corrected chi connectivity index (χ3v) is 13.5. The maximum atomic E-state index is 5.23. The number of para-hydroxylation sites is 2. The van der Waals surface area contributed by atoms with Gasteiger partial charge in [0.2, 0.25) is 0 Å². The quantitative estimate of drug-likeness (QED) is 0.137. The molecule has 0 saturated heterocycles. The highest BCUT2D eigenvalue weighted by molar-refractivity contribution is 6.12. The Bertz CT molecular complexity index is 4300. The largest absolute Gasteiger partial charge is 0.292 e. The van der Waals surface area contributed by atoms with E-state index in [9.17, 15) is 0 Å². The lowest BCUT2D eigenvalue weighted by atomic mass is 10.00. The molecule has 1 atom stereocenters. The molecule has 0 N–H and O–H groups in total. The minimum atomic E-state index is 0.0236. The summed E-state index contributed by atoms with van der Waals surface area (Å²) in [6, 6.07) is 60.0. The van der Waals surface area contributed by atoms with Crippen molar-refractivity contribution in [2.75, 3.05) is 0 Å². The van der Waals surface area contributed by atoms with Crippen LogP contribution in [0.3, 0.4) is 0 Å². The summed E-state index contributed by atoms with van der Waals surface area (Å²) in [5.41, 5.74) is 9.95. The van der Waals surface area contributed by atoms with E-state index < -0.39 is 0 Å². The summed E-state index contributed by atoms with van der Waals surface area (Å²) in [4.78, 5) is 49.6. The third-order valence-electron chi connectivity index (χ3n) is 13.5. The van der Waals surface area contributed by atoms with Crippen molar-refractivity contribution in [1.82, 2.24) is 59.0 Å². The van der Waals surface area contributed by atoms with E-state index >= 15 is 0 Å². The third kappa shape index (κ3) is 7.56. The molecule has 7 aromatic carbocycles. The van der Waals surface area contributed by atoms with Crippen molar-refractivity contribution < 1.29 is 0 Å². The van der Waals surface area contributed by atoms with Crippen LogP contribution in [0.4, 0.5) is 0 Å². The van der Waals surface area contributed by atoms with Crippen LogP contribution in [-0.2, 0) is 0 Å². The first-order valence-electron chi connectivity index (χ1n) is 24.4. The predicted octanol–water partition coefficient (Wildman–Crippen LogP) is 13.4. The highest BCUT2D eigenvalue weighted by atomic mass is 15.1. The lowest BCUT2D eigenvalue weighted by Crippen LogP contribution is -2.09. The topological polar surface area (TPSA) is 139 Å². The Balaban J connectivity index is 0.852. The molecule has 6 aromatic heterocycles. The van der Waals surface area contributed by atoms with E-state index in [0.717, 1.165) is 77.8 Å². The molecule has 1 aliphatic carbocycles. The van der Waals surface area contributed by atoms with E-state index in [-0.39, 0.29) is 5.92 Å². The number of aromatic nitrogens is 12. The number of nitrogens with zero attached hydrogens (tertiary/aromatic N) is 12. The molecule has 12 heteroatoms. The second-order valence-corrected chi connectivity index (χ2v) is 18.1. The van der Waals surface area contributed by atoms with Crippen molar-refractivity contribution in [3.8, 4) is 80.0 Å². The van der Waals surface area contributed by atoms with Crippen LogP contribution >= 0.6 is 0 Å². The molecule has 0 bridgehead atoms. The fourth-order valence-corrected chi connectivity index (χ4v) is 10.0. The highest BCUT2D eigenvalue weighted by Crippen LogP contribution is 2.39. The maximum Gasteiger partial charge on any atom is 0.184 e. The molecule has 0 aliphatic heterocycles. The van der Waals surface area contributed by atoms with Crippen LogP contribution in [0.15, 0.2) is 225 Å². The summed E-state index contributed by atoms with van der Waals surface area (Å²) in [5.74, 6) is 4.67. The summed E-state index contributed by atoms with van der Waals surface area (Å²) < 4.78 is 4.34. The van der Waals surface area contributed by atoms with Gasteiger partial charge in [-0.05, 0) is 53.9 Å². The van der Waals surface area contributed by atoms with Gasteiger partial charge in [-0.25, -0.2) is 39.9 Å². The summed E-state index contributed by atoms with van der Waals surface area (Å²) in [7, 11) is 0. The second-order valence-electron chi connectivity index (χ2n) is 18.1. The summed E-state index contributed by atoms with van der Waals surface area (Å²) in [6.45, 7) is 0. The molecule has 1 aliphatic rings. The van der Waals surface area contributed by atoms with E-state index in [2.05, 4.69) is 112 Å². The standard InChI is InChI=1S/C62H40N12/c1-5-17-39(18-6-1)57-67-58(40-19-7-2-8-20-40)70-61(69-57)49-35-63-37-55(65-49)73-51-27-15-13-25-45(51)47-33-43(29-31-53(47)73)44-30-32-54-48(34-44)46-26-14-16-28-52(46)74(54)56-38-64-36-50(66-56)62-71-59(41-21-9-3-10-22-41)68-60(72-62)42-23-11-4-12-24-42/h1-23,25-38,42H,24H2. The Morgan fingerprint density at radius 3 is 1.24 bits per heavy atom. The zero-order valence-corrected chi connectivity index (χ0v) is 39.5. The predicted molar refractivity (Wildman–Crippen MR) is 291 cm³/mol. The highest BCUT2D eigenvalue weighted by Gasteiger charge is 2.22. The minimum absolute atomic E-state index is 0.0236. The van der Waals surface area contributed by atoms with Gasteiger partial charge in [0.05, 0.1) is 46.9 Å². The molecule has 13 aromatic rings. The van der Waals surface area contributed by atoms with Crippen molar-refractivity contribution in [2.24, 2.45) is 0 Å². The molecule has 0 spiro atoms. The number of hydrogen-bond acceptors (Lipinski definition) is 10. The SMILES string of the molecule is C1=CCC(c2nc(-c3ccccc3)nc(-c3cncc(-n4c5ccccc5c5cc(-c6ccc7c(c6)c6ccccc6n7-c6cncc(-c7nc(-c8ccccc8)nc(-c8ccccc8)n7)n6)ccc54)n3)n2)C=C1. The van der Waals surface area contributed by atoms with Crippen molar-refractivity contribution in [1.29, 1.82) is 0 Å². The molecule has 0 radical (unpaired) electrons. The van der Waals surface area contributed by atoms with Crippen molar-refractivity contribution >= 4 is 43.6 Å². The molecule has 14 rings (SSSR count). The monoisotopic (exact) mass is 952 g/mol. The Kier molecular flexibility index (Phi) is 10.3. The lowest BCUT2D eigenvalue weighted by Gasteiger charge is -2.14. The van der Waals surface area contributed by atoms with E-state index in [1.54, 1.807) is 24.8 Å². The molecule has 0 saturated carbocycles. The molecular weight excluding hydrogens is 913 g/mol. The average Bonchev–Trinajstić information content (AvgIpc) is 4.02. The van der Waals surface area contributed by atoms with Gasteiger partial charge in [-0.3, -0.25) is 19.1 Å². The van der Waals surface area contributed by atoms with Crippen LogP contribution < -0.4 is 0 Å². The Morgan fingerprint density at radius 1 is 0.338 bits per heavy atom. The minimum Gasteiger partial charge on any atom is -0.292 e. The molecule has 0 fully saturated rings. The second kappa shape index (κ2) is 17.9. The van der Waals surface area contributed by atoms with Crippen LogP contribution in [0.1, 0.15) is 18.2 Å². The Morgan fingerprint density at radius 2 is 0.757 bits per heavy atom. The molecule has 74 heavy (non-hydrogen) atoms. The normalized spacial score (nSPS) is 13.4. The first-order valence-corrected chi connectivity index (χ1v) is 24.4. The van der Waals surface area contributed by atoms with Gasteiger partial charge in [-0.15, -0.1) is 0 Å². The first-order chi connectivity index (χ1) is 36.7. The van der Waals surface area contributed by atoms with E-state index in [1.807, 2.05) is 97.1 Å². The van der Waals surface area contributed by atoms with Crippen LogP contribution in [0, 0.1) is 0 Å². The van der Waals surface area contributed by atoms with Gasteiger partial charge in [-0.1, -0.05) is 164 Å². The fraction of sp³-hybridized carbons (Fsp3) is 0.0323. The Hall–Kier alpha value is -10.2. The lowest BCUT2D eigenvalue weighted by molar-refractivity contribution is 0.763. The molecule has 0 amide bonds. The van der Waals surface area contributed by atoms with Crippen molar-refractivity contribution in [2.45, 2.75) is 12.3 Å². The molecular formula is C62H40N12. The number of hydrogen-bond donors (Lipinski definition) is 0. The van der Waals surface area contributed by atoms with Crippen LogP contribution in [0.2, 0.25) is 0 Å². The Labute approximate surface area is 423 Å². The zero-order chi connectivity index (χ0) is 49.0. The van der Waals surface area contributed by atoms with Gasteiger partial charge in [0, 0.05) is 44.2 Å². The van der Waals surface area contributed by atoms with Crippen LogP contribution in [0.25, 0.3) is 124 Å². The van der Waals surface area contributed by atoms with Crippen molar-refractivity contribution in [3.63, 3.8) is 0 Å². The average molecular weight is 953 g/mol. The number of allylic oxidation sites excluding steroid dienone is 4.